The summed E-state index contributed by atoms with van der Waals surface area (Å²) in [5.74, 6) is 0.672. The molecule has 1 aliphatic heterocycles. The molecule has 1 heterocycles. The highest BCUT2D eigenvalue weighted by Crippen LogP contribution is 2.32. The van der Waals surface area contributed by atoms with Crippen molar-refractivity contribution in [1.29, 1.82) is 0 Å². The number of nitrogens with one attached hydrogen (secondary N) is 1. The van der Waals surface area contributed by atoms with E-state index in [0.29, 0.717) is 18.4 Å². The molecule has 1 saturated heterocycles. The minimum absolute atomic E-state index is 0.0433. The van der Waals surface area contributed by atoms with Crippen molar-refractivity contribution >= 4 is 11.8 Å². The SMILES string of the molecule is O=C(NCc1cccc(F)c1)C(C1CCCC1)N1CCN(C(=O)C2CCCC2)CC1. The van der Waals surface area contributed by atoms with Crippen LogP contribution in [0.25, 0.3) is 0 Å². The van der Waals surface area contributed by atoms with Crippen molar-refractivity contribution in [3.05, 3.63) is 35.6 Å². The molecule has 0 bridgehead atoms. The maximum atomic E-state index is 13.4. The van der Waals surface area contributed by atoms with E-state index in [1.54, 1.807) is 6.07 Å². The molecule has 3 fully saturated rings. The third-order valence-electron chi connectivity index (χ3n) is 7.19. The summed E-state index contributed by atoms with van der Waals surface area (Å²) in [4.78, 5) is 30.2. The standard InChI is InChI=1S/C24H34FN3O2/c25-21-11-5-6-18(16-21)17-26-23(29)22(19-7-1-2-8-19)27-12-14-28(15-13-27)24(30)20-9-3-4-10-20/h5-6,11,16,19-20,22H,1-4,7-10,12-15,17H2,(H,26,29). The highest BCUT2D eigenvalue weighted by Gasteiger charge is 2.38. The van der Waals surface area contributed by atoms with Crippen LogP contribution in [0.4, 0.5) is 4.39 Å². The van der Waals surface area contributed by atoms with Crippen LogP contribution in [-0.2, 0) is 16.1 Å². The number of carbonyl (C=O) groups excluding carboxylic acids is 2. The fourth-order valence-electron chi connectivity index (χ4n) is 5.54. The van der Waals surface area contributed by atoms with E-state index in [2.05, 4.69) is 10.2 Å². The molecular weight excluding hydrogens is 381 g/mol. The summed E-state index contributed by atoms with van der Waals surface area (Å²) in [6, 6.07) is 6.24. The summed E-state index contributed by atoms with van der Waals surface area (Å²) < 4.78 is 13.4. The van der Waals surface area contributed by atoms with Crippen molar-refractivity contribution in [2.24, 2.45) is 11.8 Å². The van der Waals surface area contributed by atoms with Gasteiger partial charge in [0.25, 0.3) is 0 Å². The van der Waals surface area contributed by atoms with Crippen LogP contribution < -0.4 is 5.32 Å². The number of halogens is 1. The first-order valence-corrected chi connectivity index (χ1v) is 11.7. The van der Waals surface area contributed by atoms with Gasteiger partial charge in [-0.3, -0.25) is 14.5 Å². The van der Waals surface area contributed by atoms with Gasteiger partial charge in [0.05, 0.1) is 6.04 Å². The van der Waals surface area contributed by atoms with E-state index in [1.165, 1.54) is 37.8 Å². The molecule has 1 unspecified atom stereocenters. The number of piperazine rings is 1. The Labute approximate surface area is 179 Å². The lowest BCUT2D eigenvalue weighted by Gasteiger charge is -2.41. The lowest BCUT2D eigenvalue weighted by molar-refractivity contribution is -0.138. The third-order valence-corrected chi connectivity index (χ3v) is 7.19. The Morgan fingerprint density at radius 2 is 1.67 bits per heavy atom. The first kappa shape index (κ1) is 21.3. The Bertz CT molecular complexity index is 736. The molecule has 2 amide bonds. The van der Waals surface area contributed by atoms with E-state index in [9.17, 15) is 14.0 Å². The maximum Gasteiger partial charge on any atom is 0.237 e. The highest BCUT2D eigenvalue weighted by atomic mass is 19.1. The number of carbonyl (C=O) groups is 2. The maximum absolute atomic E-state index is 13.4. The molecule has 0 aromatic heterocycles. The average molecular weight is 416 g/mol. The van der Waals surface area contributed by atoms with Crippen LogP contribution in [0.5, 0.6) is 0 Å². The molecule has 1 aromatic carbocycles. The molecule has 5 nitrogen and oxygen atoms in total. The second-order valence-electron chi connectivity index (χ2n) is 9.18. The smallest absolute Gasteiger partial charge is 0.237 e. The molecule has 0 radical (unpaired) electrons. The zero-order chi connectivity index (χ0) is 20.9. The Balaban J connectivity index is 1.36. The van der Waals surface area contributed by atoms with Gasteiger partial charge in [0, 0.05) is 38.6 Å². The van der Waals surface area contributed by atoms with Gasteiger partial charge in [0.1, 0.15) is 5.82 Å². The summed E-state index contributed by atoms with van der Waals surface area (Å²) in [7, 11) is 0. The van der Waals surface area contributed by atoms with Gasteiger partial charge in [-0.15, -0.1) is 0 Å². The molecule has 3 aliphatic rings. The fraction of sp³-hybridized carbons (Fsp3) is 0.667. The molecule has 6 heteroatoms. The van der Waals surface area contributed by atoms with Gasteiger partial charge in [-0.2, -0.15) is 0 Å². The molecule has 1 atom stereocenters. The van der Waals surface area contributed by atoms with Crippen molar-refractivity contribution in [1.82, 2.24) is 15.1 Å². The zero-order valence-electron chi connectivity index (χ0n) is 17.8. The topological polar surface area (TPSA) is 52.7 Å². The second kappa shape index (κ2) is 9.90. The average Bonchev–Trinajstić information content (AvgIpc) is 3.47. The summed E-state index contributed by atoms with van der Waals surface area (Å²) in [5.41, 5.74) is 0.778. The summed E-state index contributed by atoms with van der Waals surface area (Å²) in [6.45, 7) is 3.30. The summed E-state index contributed by atoms with van der Waals surface area (Å²) in [6.07, 6.45) is 8.94. The predicted octanol–water partition coefficient (Wildman–Crippen LogP) is 3.34. The van der Waals surface area contributed by atoms with Crippen LogP contribution in [-0.4, -0.2) is 53.8 Å². The monoisotopic (exact) mass is 415 g/mol. The van der Waals surface area contributed by atoms with Gasteiger partial charge < -0.3 is 10.2 Å². The van der Waals surface area contributed by atoms with Crippen LogP contribution in [0, 0.1) is 17.7 Å². The van der Waals surface area contributed by atoms with Crippen LogP contribution in [0.1, 0.15) is 56.9 Å². The molecule has 164 valence electrons. The lowest BCUT2D eigenvalue weighted by Crippen LogP contribution is -2.58. The molecular formula is C24H34FN3O2. The minimum atomic E-state index is -0.280. The van der Waals surface area contributed by atoms with E-state index in [4.69, 9.17) is 0 Å². The van der Waals surface area contributed by atoms with Crippen molar-refractivity contribution in [2.75, 3.05) is 26.2 Å². The van der Waals surface area contributed by atoms with Crippen LogP contribution in [0.2, 0.25) is 0 Å². The molecule has 0 spiro atoms. The molecule has 1 N–H and O–H groups in total. The van der Waals surface area contributed by atoms with Crippen molar-refractivity contribution in [2.45, 2.75) is 64.0 Å². The first-order chi connectivity index (χ1) is 14.6. The van der Waals surface area contributed by atoms with Gasteiger partial charge in [-0.05, 0) is 49.3 Å². The zero-order valence-corrected chi connectivity index (χ0v) is 17.8. The van der Waals surface area contributed by atoms with E-state index in [0.717, 1.165) is 57.4 Å². The van der Waals surface area contributed by atoms with E-state index < -0.39 is 0 Å². The van der Waals surface area contributed by atoms with E-state index in [-0.39, 0.29) is 23.7 Å². The number of benzene rings is 1. The second-order valence-corrected chi connectivity index (χ2v) is 9.18. The summed E-state index contributed by atoms with van der Waals surface area (Å²) in [5, 5.41) is 3.05. The predicted molar refractivity (Wildman–Crippen MR) is 114 cm³/mol. The molecule has 1 aromatic rings. The number of hydrogen-bond donors (Lipinski definition) is 1. The van der Waals surface area contributed by atoms with Gasteiger partial charge in [0.15, 0.2) is 0 Å². The fourth-order valence-corrected chi connectivity index (χ4v) is 5.54. The molecule has 2 aliphatic carbocycles. The number of hydrogen-bond acceptors (Lipinski definition) is 3. The van der Waals surface area contributed by atoms with E-state index >= 15 is 0 Å². The Morgan fingerprint density at radius 1 is 1.00 bits per heavy atom. The number of rotatable bonds is 6. The van der Waals surface area contributed by atoms with Crippen LogP contribution in [0.15, 0.2) is 24.3 Å². The summed E-state index contributed by atoms with van der Waals surface area (Å²) >= 11 is 0. The van der Waals surface area contributed by atoms with Crippen molar-refractivity contribution < 1.29 is 14.0 Å². The van der Waals surface area contributed by atoms with Gasteiger partial charge in [0.2, 0.25) is 11.8 Å². The highest BCUT2D eigenvalue weighted by molar-refractivity contribution is 5.82. The van der Waals surface area contributed by atoms with Crippen molar-refractivity contribution in [3.8, 4) is 0 Å². The molecule has 30 heavy (non-hydrogen) atoms. The quantitative estimate of drug-likeness (QED) is 0.775. The largest absolute Gasteiger partial charge is 0.351 e. The van der Waals surface area contributed by atoms with Gasteiger partial charge in [-0.1, -0.05) is 37.8 Å². The van der Waals surface area contributed by atoms with Gasteiger partial charge in [-0.25, -0.2) is 4.39 Å². The van der Waals surface area contributed by atoms with Gasteiger partial charge >= 0.3 is 0 Å². The van der Waals surface area contributed by atoms with Crippen molar-refractivity contribution in [3.63, 3.8) is 0 Å². The normalized spacial score (nSPS) is 22.4. The Hall–Kier alpha value is -1.95. The molecule has 2 saturated carbocycles. The van der Waals surface area contributed by atoms with Crippen LogP contribution >= 0.6 is 0 Å². The lowest BCUT2D eigenvalue weighted by atomic mass is 9.94. The Morgan fingerprint density at radius 3 is 2.33 bits per heavy atom. The minimum Gasteiger partial charge on any atom is -0.351 e. The molecule has 4 rings (SSSR count). The van der Waals surface area contributed by atoms with Crippen LogP contribution in [0.3, 0.4) is 0 Å². The Kier molecular flexibility index (Phi) is 7.03. The number of amides is 2. The third kappa shape index (κ3) is 5.02. The number of nitrogens with zero attached hydrogens (tertiary/aromatic N) is 2. The first-order valence-electron chi connectivity index (χ1n) is 11.7. The van der Waals surface area contributed by atoms with E-state index in [1.807, 2.05) is 11.0 Å².